The van der Waals surface area contributed by atoms with Crippen molar-refractivity contribution in [2.45, 2.75) is 45.1 Å². The number of thiophene rings is 1. The van der Waals surface area contributed by atoms with Crippen molar-refractivity contribution in [3.63, 3.8) is 0 Å². The lowest BCUT2D eigenvalue weighted by Crippen LogP contribution is -2.54. The van der Waals surface area contributed by atoms with E-state index >= 15 is 0 Å². The number of hydrogen-bond donors (Lipinski definition) is 1. The molecule has 0 spiro atoms. The van der Waals surface area contributed by atoms with E-state index in [1.807, 2.05) is 11.8 Å². The molecule has 2 heterocycles. The fraction of sp³-hybridized carbons (Fsp3) is 0.458. The van der Waals surface area contributed by atoms with Crippen LogP contribution in [0, 0.1) is 11.3 Å². The fourth-order valence-corrected chi connectivity index (χ4v) is 5.79. The number of hydrogen-bond acceptors (Lipinski definition) is 5. The van der Waals surface area contributed by atoms with Gasteiger partial charge in [-0.15, -0.1) is 11.3 Å². The van der Waals surface area contributed by atoms with Gasteiger partial charge < -0.3 is 10.2 Å². The molecule has 2 amide bonds. The molecule has 0 saturated carbocycles. The molecule has 1 saturated heterocycles. The number of fused-ring (bicyclic) bond motifs is 1. The van der Waals surface area contributed by atoms with Crippen LogP contribution in [-0.2, 0) is 17.6 Å². The van der Waals surface area contributed by atoms with Gasteiger partial charge in [-0.3, -0.25) is 14.5 Å². The van der Waals surface area contributed by atoms with Crippen molar-refractivity contribution in [2.75, 3.05) is 31.5 Å². The van der Waals surface area contributed by atoms with E-state index in [2.05, 4.69) is 16.3 Å². The molecule has 8 heteroatoms. The van der Waals surface area contributed by atoms with E-state index in [4.69, 9.17) is 11.6 Å². The lowest BCUT2D eigenvalue weighted by Gasteiger charge is -2.37. The maximum Gasteiger partial charge on any atom is 0.253 e. The third kappa shape index (κ3) is 4.83. The second-order valence-corrected chi connectivity index (χ2v) is 9.92. The van der Waals surface area contributed by atoms with Crippen molar-refractivity contribution in [2.24, 2.45) is 0 Å². The molecule has 1 aliphatic heterocycles. The Morgan fingerprint density at radius 3 is 2.47 bits per heavy atom. The topological polar surface area (TPSA) is 76.4 Å². The first kappa shape index (κ1) is 22.8. The number of halogens is 1. The van der Waals surface area contributed by atoms with E-state index < -0.39 is 0 Å². The van der Waals surface area contributed by atoms with E-state index in [1.165, 1.54) is 11.3 Å². The Morgan fingerprint density at radius 2 is 1.78 bits per heavy atom. The van der Waals surface area contributed by atoms with Gasteiger partial charge in [-0.25, -0.2) is 0 Å². The van der Waals surface area contributed by atoms with Crippen LogP contribution in [0.25, 0.3) is 0 Å². The first-order chi connectivity index (χ1) is 15.5. The predicted molar refractivity (Wildman–Crippen MR) is 127 cm³/mol. The highest BCUT2D eigenvalue weighted by molar-refractivity contribution is 7.16. The molecular formula is C24H27ClN4O2S. The normalized spacial score (nSPS) is 17.7. The molecule has 1 unspecified atom stereocenters. The van der Waals surface area contributed by atoms with Crippen LogP contribution < -0.4 is 5.32 Å². The van der Waals surface area contributed by atoms with Gasteiger partial charge >= 0.3 is 0 Å². The van der Waals surface area contributed by atoms with E-state index in [1.54, 1.807) is 35.6 Å². The Hall–Kier alpha value is -2.40. The van der Waals surface area contributed by atoms with Gasteiger partial charge in [0.1, 0.15) is 11.1 Å². The summed E-state index contributed by atoms with van der Waals surface area (Å²) in [6.45, 7) is 4.27. The minimum Gasteiger partial charge on any atom is -0.336 e. The Kier molecular flexibility index (Phi) is 7.14. The van der Waals surface area contributed by atoms with Crippen molar-refractivity contribution < 1.29 is 9.59 Å². The molecule has 1 N–H and O–H groups in total. The summed E-state index contributed by atoms with van der Waals surface area (Å²) in [5.41, 5.74) is 2.40. The number of anilines is 1. The first-order valence-corrected chi connectivity index (χ1v) is 12.3. The van der Waals surface area contributed by atoms with Gasteiger partial charge in [0.15, 0.2) is 0 Å². The molecular weight excluding hydrogens is 444 g/mol. The first-order valence-electron chi connectivity index (χ1n) is 11.1. The van der Waals surface area contributed by atoms with E-state index in [0.717, 1.165) is 31.2 Å². The molecule has 4 rings (SSSR count). The van der Waals surface area contributed by atoms with Crippen LogP contribution in [0.1, 0.15) is 52.5 Å². The standard InChI is InChI=1S/C24H27ClN4O2S/c1-16(22(30)27-23-20(15-26)19-5-3-2-4-6-21(19)32-23)28-11-13-29(14-12-28)24(31)17-7-9-18(25)10-8-17/h7-10,16H,2-6,11-14H2,1H3,(H,27,30). The summed E-state index contributed by atoms with van der Waals surface area (Å²) in [6, 6.07) is 8.90. The second-order valence-electron chi connectivity index (χ2n) is 8.38. The maximum absolute atomic E-state index is 13.0. The number of benzene rings is 1. The van der Waals surface area contributed by atoms with Gasteiger partial charge in [0, 0.05) is 41.6 Å². The van der Waals surface area contributed by atoms with Gasteiger partial charge in [-0.2, -0.15) is 5.26 Å². The average molecular weight is 471 g/mol. The quantitative estimate of drug-likeness (QED) is 0.675. The van der Waals surface area contributed by atoms with Crippen molar-refractivity contribution >= 4 is 39.8 Å². The number of carbonyl (C=O) groups is 2. The Labute approximate surface area is 197 Å². The van der Waals surface area contributed by atoms with Crippen LogP contribution in [0.15, 0.2) is 24.3 Å². The SMILES string of the molecule is CC(C(=O)Nc1sc2c(c1C#N)CCCCC2)N1CCN(C(=O)c2ccc(Cl)cc2)CC1. The zero-order chi connectivity index (χ0) is 22.7. The van der Waals surface area contributed by atoms with Gasteiger partial charge in [0.2, 0.25) is 5.91 Å². The summed E-state index contributed by atoms with van der Waals surface area (Å²) in [5.74, 6) is -0.118. The zero-order valence-electron chi connectivity index (χ0n) is 18.2. The lowest BCUT2D eigenvalue weighted by molar-refractivity contribution is -0.121. The third-order valence-corrected chi connectivity index (χ3v) is 7.85. The number of nitrogens with one attached hydrogen (secondary N) is 1. The van der Waals surface area contributed by atoms with Crippen LogP contribution in [0.3, 0.4) is 0 Å². The molecule has 0 radical (unpaired) electrons. The number of nitriles is 1. The molecule has 1 atom stereocenters. The molecule has 168 valence electrons. The average Bonchev–Trinajstić information content (AvgIpc) is 2.97. The van der Waals surface area contributed by atoms with Crippen LogP contribution in [-0.4, -0.2) is 53.8 Å². The molecule has 1 fully saturated rings. The molecule has 2 aromatic rings. The Bertz CT molecular complexity index is 1040. The number of carbonyl (C=O) groups excluding carboxylic acids is 2. The molecule has 6 nitrogen and oxygen atoms in total. The number of aryl methyl sites for hydroxylation is 1. The number of piperazine rings is 1. The molecule has 1 aliphatic carbocycles. The second kappa shape index (κ2) is 10.0. The van der Waals surface area contributed by atoms with Crippen molar-refractivity contribution in [3.8, 4) is 6.07 Å². The monoisotopic (exact) mass is 470 g/mol. The Morgan fingerprint density at radius 1 is 1.09 bits per heavy atom. The summed E-state index contributed by atoms with van der Waals surface area (Å²) in [4.78, 5) is 30.8. The molecule has 32 heavy (non-hydrogen) atoms. The van der Waals surface area contributed by atoms with Crippen molar-refractivity contribution in [1.82, 2.24) is 9.80 Å². The van der Waals surface area contributed by atoms with Gasteiger partial charge in [-0.05, 0) is 62.4 Å². The summed E-state index contributed by atoms with van der Waals surface area (Å²) < 4.78 is 0. The fourth-order valence-electron chi connectivity index (χ4n) is 4.42. The molecule has 2 aliphatic rings. The minimum atomic E-state index is -0.337. The number of rotatable bonds is 4. The minimum absolute atomic E-state index is 0.0165. The smallest absolute Gasteiger partial charge is 0.253 e. The number of amides is 2. The van der Waals surface area contributed by atoms with Gasteiger partial charge in [-0.1, -0.05) is 18.0 Å². The van der Waals surface area contributed by atoms with Crippen molar-refractivity contribution in [1.29, 1.82) is 5.26 Å². The summed E-state index contributed by atoms with van der Waals surface area (Å²) in [7, 11) is 0. The highest BCUT2D eigenvalue weighted by atomic mass is 35.5. The highest BCUT2D eigenvalue weighted by Gasteiger charge is 2.29. The van der Waals surface area contributed by atoms with Gasteiger partial charge in [0.25, 0.3) is 5.91 Å². The third-order valence-electron chi connectivity index (χ3n) is 6.39. The van der Waals surface area contributed by atoms with Crippen LogP contribution in [0.4, 0.5) is 5.00 Å². The zero-order valence-corrected chi connectivity index (χ0v) is 19.8. The predicted octanol–water partition coefficient (Wildman–Crippen LogP) is 4.33. The maximum atomic E-state index is 13.0. The largest absolute Gasteiger partial charge is 0.336 e. The van der Waals surface area contributed by atoms with Crippen LogP contribution in [0.2, 0.25) is 5.02 Å². The molecule has 1 aromatic heterocycles. The summed E-state index contributed by atoms with van der Waals surface area (Å²) in [5, 5.41) is 14.0. The van der Waals surface area contributed by atoms with E-state index in [0.29, 0.717) is 47.3 Å². The summed E-state index contributed by atoms with van der Waals surface area (Å²) in [6.07, 6.45) is 5.34. The number of nitrogens with zero attached hydrogens (tertiary/aromatic N) is 3. The molecule has 0 bridgehead atoms. The lowest BCUT2D eigenvalue weighted by atomic mass is 10.1. The van der Waals surface area contributed by atoms with Gasteiger partial charge in [0.05, 0.1) is 11.6 Å². The molecule has 1 aromatic carbocycles. The van der Waals surface area contributed by atoms with E-state index in [9.17, 15) is 14.9 Å². The summed E-state index contributed by atoms with van der Waals surface area (Å²) >= 11 is 7.47. The Balaban J connectivity index is 1.36. The van der Waals surface area contributed by atoms with Crippen LogP contribution in [0.5, 0.6) is 0 Å². The highest BCUT2D eigenvalue weighted by Crippen LogP contribution is 2.37. The van der Waals surface area contributed by atoms with E-state index in [-0.39, 0.29) is 17.9 Å². The van der Waals surface area contributed by atoms with Crippen molar-refractivity contribution in [3.05, 3.63) is 50.9 Å². The van der Waals surface area contributed by atoms with Crippen LogP contribution >= 0.6 is 22.9 Å².